The van der Waals surface area contributed by atoms with Crippen molar-refractivity contribution in [3.8, 4) is 0 Å². The Morgan fingerprint density at radius 3 is 2.64 bits per heavy atom. The lowest BCUT2D eigenvalue weighted by molar-refractivity contribution is -0.115. The molecule has 3 N–H and O–H groups in total. The molecule has 0 aliphatic carbocycles. The maximum absolute atomic E-state index is 12.8. The highest BCUT2D eigenvalue weighted by molar-refractivity contribution is 5.92. The molecule has 110 valence electrons. The molecule has 0 saturated carbocycles. The Labute approximate surface area is 126 Å². The predicted octanol–water partition coefficient (Wildman–Crippen LogP) is 3.14. The Morgan fingerprint density at radius 2 is 1.86 bits per heavy atom. The number of carbonyl (C=O) groups is 1. The molecule has 1 aromatic heterocycles. The standard InChI is InChI=1S/C17H14FN3O/c18-12-2-6-14(7-3-12)21-17(22)10-15-5-1-11-9-13(19)4-8-16(11)20-15/h1-9H,10,19H2,(H,21,22). The van der Waals surface area contributed by atoms with Crippen molar-refractivity contribution in [2.24, 2.45) is 0 Å². The van der Waals surface area contributed by atoms with Gasteiger partial charge in [-0.2, -0.15) is 0 Å². The van der Waals surface area contributed by atoms with E-state index < -0.39 is 0 Å². The summed E-state index contributed by atoms with van der Waals surface area (Å²) in [5.74, 6) is -0.539. The molecule has 0 unspecified atom stereocenters. The van der Waals surface area contributed by atoms with Crippen molar-refractivity contribution >= 4 is 28.2 Å². The van der Waals surface area contributed by atoms with Gasteiger partial charge in [-0.3, -0.25) is 9.78 Å². The summed E-state index contributed by atoms with van der Waals surface area (Å²) >= 11 is 0. The maximum Gasteiger partial charge on any atom is 0.230 e. The van der Waals surface area contributed by atoms with Gasteiger partial charge in [0.05, 0.1) is 17.6 Å². The van der Waals surface area contributed by atoms with E-state index in [9.17, 15) is 9.18 Å². The van der Waals surface area contributed by atoms with Gasteiger partial charge in [0.25, 0.3) is 0 Å². The summed E-state index contributed by atoms with van der Waals surface area (Å²) in [7, 11) is 0. The topological polar surface area (TPSA) is 68.0 Å². The Morgan fingerprint density at radius 1 is 1.09 bits per heavy atom. The molecular formula is C17H14FN3O. The zero-order valence-corrected chi connectivity index (χ0v) is 11.7. The van der Waals surface area contributed by atoms with E-state index in [1.807, 2.05) is 18.2 Å². The number of hydrogen-bond donors (Lipinski definition) is 2. The minimum Gasteiger partial charge on any atom is -0.399 e. The maximum atomic E-state index is 12.8. The van der Waals surface area contributed by atoms with E-state index in [4.69, 9.17) is 5.73 Å². The van der Waals surface area contributed by atoms with Crippen molar-refractivity contribution in [3.63, 3.8) is 0 Å². The van der Waals surface area contributed by atoms with Crippen LogP contribution in [0.15, 0.2) is 54.6 Å². The first-order valence-corrected chi connectivity index (χ1v) is 6.81. The molecule has 0 aliphatic rings. The van der Waals surface area contributed by atoms with Gasteiger partial charge in [0, 0.05) is 16.8 Å². The molecule has 1 heterocycles. The molecule has 2 aromatic carbocycles. The van der Waals surface area contributed by atoms with Crippen molar-refractivity contribution in [1.82, 2.24) is 4.98 Å². The van der Waals surface area contributed by atoms with E-state index in [-0.39, 0.29) is 18.1 Å². The molecule has 0 bridgehead atoms. The summed E-state index contributed by atoms with van der Waals surface area (Å²) in [6.45, 7) is 0. The normalized spacial score (nSPS) is 10.6. The summed E-state index contributed by atoms with van der Waals surface area (Å²) in [6.07, 6.45) is 0.150. The number of nitrogens with one attached hydrogen (secondary N) is 1. The fourth-order valence-electron chi connectivity index (χ4n) is 2.19. The van der Waals surface area contributed by atoms with Gasteiger partial charge in [-0.1, -0.05) is 6.07 Å². The third-order valence-corrected chi connectivity index (χ3v) is 3.24. The van der Waals surface area contributed by atoms with E-state index >= 15 is 0 Å². The van der Waals surface area contributed by atoms with Crippen LogP contribution < -0.4 is 11.1 Å². The van der Waals surface area contributed by atoms with Crippen molar-refractivity contribution in [2.45, 2.75) is 6.42 Å². The van der Waals surface area contributed by atoms with Crippen LogP contribution in [0.3, 0.4) is 0 Å². The van der Waals surface area contributed by atoms with E-state index in [1.165, 1.54) is 24.3 Å². The largest absolute Gasteiger partial charge is 0.399 e. The minimum absolute atomic E-state index is 0.150. The van der Waals surface area contributed by atoms with Crippen LogP contribution in [-0.2, 0) is 11.2 Å². The molecule has 0 saturated heterocycles. The third-order valence-electron chi connectivity index (χ3n) is 3.24. The summed E-state index contributed by atoms with van der Waals surface area (Å²) in [5.41, 5.74) is 8.41. The van der Waals surface area contributed by atoms with Gasteiger partial charge < -0.3 is 11.1 Å². The first-order valence-electron chi connectivity index (χ1n) is 6.81. The van der Waals surface area contributed by atoms with Crippen LogP contribution in [0.4, 0.5) is 15.8 Å². The molecule has 1 amide bonds. The highest BCUT2D eigenvalue weighted by atomic mass is 19.1. The second-order valence-corrected chi connectivity index (χ2v) is 4.99. The number of benzene rings is 2. The predicted molar refractivity (Wildman–Crippen MR) is 84.9 cm³/mol. The van der Waals surface area contributed by atoms with Crippen molar-refractivity contribution in [2.75, 3.05) is 11.1 Å². The second-order valence-electron chi connectivity index (χ2n) is 4.99. The first-order chi connectivity index (χ1) is 10.6. The number of pyridine rings is 1. The number of anilines is 2. The average molecular weight is 295 g/mol. The van der Waals surface area contributed by atoms with E-state index in [2.05, 4.69) is 10.3 Å². The molecule has 3 aromatic rings. The van der Waals surface area contributed by atoms with Crippen molar-refractivity contribution < 1.29 is 9.18 Å². The second kappa shape index (κ2) is 5.81. The van der Waals surface area contributed by atoms with Crippen molar-refractivity contribution in [1.29, 1.82) is 0 Å². The quantitative estimate of drug-likeness (QED) is 0.729. The molecule has 5 heteroatoms. The summed E-state index contributed by atoms with van der Waals surface area (Å²) in [6, 6.07) is 14.8. The average Bonchev–Trinajstić information content (AvgIpc) is 2.50. The molecule has 0 atom stereocenters. The fraction of sp³-hybridized carbons (Fsp3) is 0.0588. The number of fused-ring (bicyclic) bond motifs is 1. The van der Waals surface area contributed by atoms with Crippen LogP contribution in [0, 0.1) is 5.82 Å². The molecule has 3 rings (SSSR count). The number of amides is 1. The lowest BCUT2D eigenvalue weighted by Gasteiger charge is -2.06. The summed E-state index contributed by atoms with van der Waals surface area (Å²) in [5, 5.41) is 3.64. The number of nitrogen functional groups attached to an aromatic ring is 1. The number of nitrogens with two attached hydrogens (primary N) is 1. The minimum atomic E-state index is -0.339. The van der Waals surface area contributed by atoms with Crippen LogP contribution in [0.1, 0.15) is 5.69 Å². The van der Waals surface area contributed by atoms with Gasteiger partial charge in [0.1, 0.15) is 5.82 Å². The highest BCUT2D eigenvalue weighted by Gasteiger charge is 2.06. The molecule has 0 aliphatic heterocycles. The van der Waals surface area contributed by atoms with Gasteiger partial charge in [-0.25, -0.2) is 4.39 Å². The van der Waals surface area contributed by atoms with Crippen LogP contribution >= 0.6 is 0 Å². The van der Waals surface area contributed by atoms with Crippen LogP contribution in [0.2, 0.25) is 0 Å². The monoisotopic (exact) mass is 295 g/mol. The van der Waals surface area contributed by atoms with Gasteiger partial charge >= 0.3 is 0 Å². The Bertz CT molecular complexity index is 831. The summed E-state index contributed by atoms with van der Waals surface area (Å²) in [4.78, 5) is 16.4. The van der Waals surface area contributed by atoms with Crippen molar-refractivity contribution in [3.05, 3.63) is 66.1 Å². The number of aromatic nitrogens is 1. The van der Waals surface area contributed by atoms with Crippen LogP contribution in [-0.4, -0.2) is 10.9 Å². The zero-order chi connectivity index (χ0) is 15.5. The lowest BCUT2D eigenvalue weighted by Crippen LogP contribution is -2.15. The van der Waals surface area contributed by atoms with Gasteiger partial charge in [-0.15, -0.1) is 0 Å². The molecule has 0 fully saturated rings. The number of rotatable bonds is 3. The van der Waals surface area contributed by atoms with Crippen LogP contribution in [0.25, 0.3) is 10.9 Å². The lowest BCUT2D eigenvalue weighted by atomic mass is 10.1. The number of nitrogens with zero attached hydrogens (tertiary/aromatic N) is 1. The highest BCUT2D eigenvalue weighted by Crippen LogP contribution is 2.16. The number of carbonyl (C=O) groups excluding carboxylic acids is 1. The Balaban J connectivity index is 1.73. The smallest absolute Gasteiger partial charge is 0.230 e. The first kappa shape index (κ1) is 14.0. The molecule has 0 radical (unpaired) electrons. The third kappa shape index (κ3) is 3.20. The van der Waals surface area contributed by atoms with E-state index in [0.717, 1.165) is 10.9 Å². The van der Waals surface area contributed by atoms with E-state index in [0.29, 0.717) is 17.1 Å². The number of halogens is 1. The summed E-state index contributed by atoms with van der Waals surface area (Å²) < 4.78 is 12.8. The molecular weight excluding hydrogens is 281 g/mol. The zero-order valence-electron chi connectivity index (χ0n) is 11.7. The fourth-order valence-corrected chi connectivity index (χ4v) is 2.19. The number of hydrogen-bond acceptors (Lipinski definition) is 3. The SMILES string of the molecule is Nc1ccc2nc(CC(=O)Nc3ccc(F)cc3)ccc2c1. The van der Waals surface area contributed by atoms with Gasteiger partial charge in [0.2, 0.25) is 5.91 Å². The van der Waals surface area contributed by atoms with E-state index in [1.54, 1.807) is 12.1 Å². The van der Waals surface area contributed by atoms with Gasteiger partial charge in [-0.05, 0) is 48.5 Å². The van der Waals surface area contributed by atoms with Crippen LogP contribution in [0.5, 0.6) is 0 Å². The van der Waals surface area contributed by atoms with Gasteiger partial charge in [0.15, 0.2) is 0 Å². The molecule has 0 spiro atoms. The molecule has 4 nitrogen and oxygen atoms in total. The Hall–Kier alpha value is -2.95. The molecule has 22 heavy (non-hydrogen) atoms. The Kier molecular flexibility index (Phi) is 3.70.